The summed E-state index contributed by atoms with van der Waals surface area (Å²) in [6, 6.07) is 3.85. The molecule has 2 rings (SSSR count). The van der Waals surface area contributed by atoms with Crippen molar-refractivity contribution in [2.45, 2.75) is 33.6 Å². The van der Waals surface area contributed by atoms with Gasteiger partial charge in [-0.3, -0.25) is 4.79 Å². The number of piperidine rings is 1. The number of likely N-dealkylation sites (tertiary alicyclic amines) is 1. The molecule has 1 aromatic heterocycles. The third-order valence-corrected chi connectivity index (χ3v) is 5.40. The average molecular weight is 330 g/mol. The van der Waals surface area contributed by atoms with Crippen LogP contribution in [-0.2, 0) is 0 Å². The molecule has 0 atom stereocenters. The fraction of sp³-hybridized carbons (Fsp3) is 0.643. The van der Waals surface area contributed by atoms with Gasteiger partial charge in [-0.2, -0.15) is 0 Å². The van der Waals surface area contributed by atoms with Gasteiger partial charge >= 0.3 is 0 Å². The van der Waals surface area contributed by atoms with Crippen LogP contribution in [0.4, 0.5) is 0 Å². The lowest BCUT2D eigenvalue weighted by atomic mass is 9.75. The molecule has 0 spiro atoms. The van der Waals surface area contributed by atoms with Crippen molar-refractivity contribution in [1.82, 2.24) is 4.90 Å². The zero-order chi connectivity index (χ0) is 13.3. The van der Waals surface area contributed by atoms with Crippen molar-refractivity contribution in [1.29, 1.82) is 0 Å². The Kier molecular flexibility index (Phi) is 4.17. The molecule has 0 unspecified atom stereocenters. The number of halogens is 1. The summed E-state index contributed by atoms with van der Waals surface area (Å²) in [5.74, 6) is 0.926. The first-order valence-corrected chi connectivity index (χ1v) is 8.03. The Morgan fingerprint density at radius 1 is 1.33 bits per heavy atom. The molecule has 1 aliphatic heterocycles. The van der Waals surface area contributed by atoms with Gasteiger partial charge in [-0.05, 0) is 52.2 Å². The molecule has 0 N–H and O–H groups in total. The third-order valence-electron chi connectivity index (χ3n) is 3.79. The second kappa shape index (κ2) is 5.33. The monoisotopic (exact) mass is 329 g/mol. The number of nitrogens with zero attached hydrogens (tertiary/aromatic N) is 1. The summed E-state index contributed by atoms with van der Waals surface area (Å²) in [6.07, 6.45) is 2.25. The first kappa shape index (κ1) is 14.1. The molecule has 0 bridgehead atoms. The normalized spacial score (nSPS) is 18.1. The van der Waals surface area contributed by atoms with E-state index >= 15 is 0 Å². The number of rotatable bonds is 1. The lowest BCUT2D eigenvalue weighted by Crippen LogP contribution is -2.41. The summed E-state index contributed by atoms with van der Waals surface area (Å²) < 4.78 is 1.02. The highest BCUT2D eigenvalue weighted by Gasteiger charge is 2.30. The van der Waals surface area contributed by atoms with Gasteiger partial charge in [-0.25, -0.2) is 0 Å². The largest absolute Gasteiger partial charge is 0.338 e. The van der Waals surface area contributed by atoms with Gasteiger partial charge < -0.3 is 4.90 Å². The van der Waals surface area contributed by atoms with E-state index in [1.54, 1.807) is 0 Å². The first-order chi connectivity index (χ1) is 8.38. The SMILES string of the molecule is CC(C)(C)C1CCN(C(=O)c2ccc(Br)s2)CC1. The van der Waals surface area contributed by atoms with Crippen LogP contribution in [-0.4, -0.2) is 23.9 Å². The zero-order valence-electron chi connectivity index (χ0n) is 11.2. The first-order valence-electron chi connectivity index (χ1n) is 6.42. The maximum absolute atomic E-state index is 12.3. The van der Waals surface area contributed by atoms with Crippen LogP contribution in [0.25, 0.3) is 0 Å². The second-order valence-corrected chi connectivity index (χ2v) is 8.50. The molecule has 0 aromatic carbocycles. The summed E-state index contributed by atoms with van der Waals surface area (Å²) in [4.78, 5) is 15.1. The molecule has 1 saturated heterocycles. The van der Waals surface area contributed by atoms with Gasteiger partial charge in [-0.15, -0.1) is 11.3 Å². The van der Waals surface area contributed by atoms with Crippen molar-refractivity contribution >= 4 is 33.2 Å². The van der Waals surface area contributed by atoms with Gasteiger partial charge in [0.05, 0.1) is 8.66 Å². The highest BCUT2D eigenvalue weighted by atomic mass is 79.9. The minimum atomic E-state index is 0.193. The van der Waals surface area contributed by atoms with Crippen molar-refractivity contribution in [3.63, 3.8) is 0 Å². The lowest BCUT2D eigenvalue weighted by molar-refractivity contribution is 0.0613. The molecular weight excluding hydrogens is 310 g/mol. The minimum Gasteiger partial charge on any atom is -0.338 e. The number of hydrogen-bond acceptors (Lipinski definition) is 2. The Bertz CT molecular complexity index is 427. The summed E-state index contributed by atoms with van der Waals surface area (Å²) in [5.41, 5.74) is 0.362. The van der Waals surface area contributed by atoms with Gasteiger partial charge in [0.1, 0.15) is 0 Å². The number of amides is 1. The summed E-state index contributed by atoms with van der Waals surface area (Å²) in [5, 5.41) is 0. The predicted octanol–water partition coefficient (Wildman–Crippen LogP) is 4.41. The number of hydrogen-bond donors (Lipinski definition) is 0. The summed E-state index contributed by atoms with van der Waals surface area (Å²) >= 11 is 4.93. The predicted molar refractivity (Wildman–Crippen MR) is 80.1 cm³/mol. The van der Waals surface area contributed by atoms with E-state index in [1.807, 2.05) is 17.0 Å². The zero-order valence-corrected chi connectivity index (χ0v) is 13.6. The summed E-state index contributed by atoms with van der Waals surface area (Å²) in [6.45, 7) is 8.69. The number of thiophene rings is 1. The van der Waals surface area contributed by atoms with Crippen molar-refractivity contribution in [3.8, 4) is 0 Å². The molecule has 18 heavy (non-hydrogen) atoms. The fourth-order valence-electron chi connectivity index (χ4n) is 2.53. The molecule has 1 aromatic rings. The molecule has 0 saturated carbocycles. The van der Waals surface area contributed by atoms with E-state index in [0.717, 1.165) is 40.5 Å². The van der Waals surface area contributed by atoms with Gasteiger partial charge in [0.2, 0.25) is 0 Å². The van der Waals surface area contributed by atoms with E-state index in [2.05, 4.69) is 36.7 Å². The minimum absolute atomic E-state index is 0.193. The van der Waals surface area contributed by atoms with Crippen LogP contribution in [0, 0.1) is 11.3 Å². The van der Waals surface area contributed by atoms with Gasteiger partial charge in [0.25, 0.3) is 5.91 Å². The van der Waals surface area contributed by atoms with Crippen LogP contribution < -0.4 is 0 Å². The molecule has 4 heteroatoms. The van der Waals surface area contributed by atoms with Crippen LogP contribution in [0.3, 0.4) is 0 Å². The maximum Gasteiger partial charge on any atom is 0.263 e. The van der Waals surface area contributed by atoms with Crippen molar-refractivity contribution in [2.24, 2.45) is 11.3 Å². The quantitative estimate of drug-likeness (QED) is 0.747. The Balaban J connectivity index is 1.96. The molecule has 1 amide bonds. The van der Waals surface area contributed by atoms with Crippen molar-refractivity contribution in [3.05, 3.63) is 20.8 Å². The van der Waals surface area contributed by atoms with E-state index in [1.165, 1.54) is 11.3 Å². The van der Waals surface area contributed by atoms with Crippen LogP contribution >= 0.6 is 27.3 Å². The maximum atomic E-state index is 12.3. The van der Waals surface area contributed by atoms with Gasteiger partial charge in [0, 0.05) is 13.1 Å². The highest BCUT2D eigenvalue weighted by molar-refractivity contribution is 9.11. The molecule has 1 fully saturated rings. The second-order valence-electron chi connectivity index (χ2n) is 6.04. The van der Waals surface area contributed by atoms with Crippen LogP contribution in [0.5, 0.6) is 0 Å². The molecule has 0 aliphatic carbocycles. The molecular formula is C14H20BrNOS. The smallest absolute Gasteiger partial charge is 0.263 e. The fourth-order valence-corrected chi connectivity index (χ4v) is 3.89. The Morgan fingerprint density at radius 3 is 2.39 bits per heavy atom. The Morgan fingerprint density at radius 2 is 1.94 bits per heavy atom. The van der Waals surface area contributed by atoms with Crippen LogP contribution in [0.15, 0.2) is 15.9 Å². The van der Waals surface area contributed by atoms with E-state index in [4.69, 9.17) is 0 Å². The molecule has 1 aliphatic rings. The van der Waals surface area contributed by atoms with Crippen molar-refractivity contribution < 1.29 is 4.79 Å². The van der Waals surface area contributed by atoms with Crippen molar-refractivity contribution in [2.75, 3.05) is 13.1 Å². The standard InChI is InChI=1S/C14H20BrNOS/c1-14(2,3)10-6-8-16(9-7-10)13(17)11-4-5-12(15)18-11/h4-5,10H,6-9H2,1-3H3. The van der Waals surface area contributed by atoms with Gasteiger partial charge in [0.15, 0.2) is 0 Å². The van der Waals surface area contributed by atoms with E-state index in [0.29, 0.717) is 5.41 Å². The van der Waals surface area contributed by atoms with Crippen LogP contribution in [0.2, 0.25) is 0 Å². The molecule has 2 heterocycles. The Hall–Kier alpha value is -0.350. The summed E-state index contributed by atoms with van der Waals surface area (Å²) in [7, 11) is 0. The van der Waals surface area contributed by atoms with E-state index in [9.17, 15) is 4.79 Å². The molecule has 100 valence electrons. The third kappa shape index (κ3) is 3.15. The molecule has 0 radical (unpaired) electrons. The molecule has 2 nitrogen and oxygen atoms in total. The topological polar surface area (TPSA) is 20.3 Å². The van der Waals surface area contributed by atoms with E-state index in [-0.39, 0.29) is 5.91 Å². The van der Waals surface area contributed by atoms with Gasteiger partial charge in [-0.1, -0.05) is 20.8 Å². The Labute approximate surface area is 122 Å². The van der Waals surface area contributed by atoms with E-state index < -0.39 is 0 Å². The average Bonchev–Trinajstić information content (AvgIpc) is 2.74. The highest BCUT2D eigenvalue weighted by Crippen LogP contribution is 2.35. The van der Waals surface area contributed by atoms with Crippen LogP contribution in [0.1, 0.15) is 43.3 Å². The lowest BCUT2D eigenvalue weighted by Gasteiger charge is -2.38. The number of carbonyl (C=O) groups is 1. The number of carbonyl (C=O) groups excluding carboxylic acids is 1.